The van der Waals surface area contributed by atoms with Crippen molar-refractivity contribution >= 4 is 17.5 Å². The Bertz CT molecular complexity index is 845. The molecule has 3 rings (SSSR count). The molecule has 2 amide bonds. The minimum Gasteiger partial charge on any atom is -0.337 e. The number of carbonyl (C=O) groups excluding carboxylic acids is 2. The summed E-state index contributed by atoms with van der Waals surface area (Å²) in [6, 6.07) is 5.46. The lowest BCUT2D eigenvalue weighted by atomic mass is 10.0. The van der Waals surface area contributed by atoms with Crippen molar-refractivity contribution in [3.8, 4) is 0 Å². The van der Waals surface area contributed by atoms with Crippen LogP contribution in [0.3, 0.4) is 0 Å². The van der Waals surface area contributed by atoms with Crippen LogP contribution in [0, 0.1) is 5.82 Å². The minimum absolute atomic E-state index is 0.147. The first-order valence-electron chi connectivity index (χ1n) is 7.84. The molecule has 1 aromatic carbocycles. The molecule has 0 radical (unpaired) electrons. The van der Waals surface area contributed by atoms with E-state index in [-0.39, 0.29) is 24.5 Å². The van der Waals surface area contributed by atoms with E-state index >= 15 is 0 Å². The predicted octanol–water partition coefficient (Wildman–Crippen LogP) is 1.37. The normalized spacial score (nSPS) is 15.7. The average Bonchev–Trinajstić information content (AvgIpc) is 3.01. The number of halogens is 1. The first-order chi connectivity index (χ1) is 12.0. The van der Waals surface area contributed by atoms with Crippen LogP contribution < -0.4 is 5.32 Å². The zero-order valence-corrected chi connectivity index (χ0v) is 13.9. The highest BCUT2D eigenvalue weighted by Crippen LogP contribution is 2.23. The topological polar surface area (TPSA) is 79.6 Å². The molecule has 0 spiro atoms. The van der Waals surface area contributed by atoms with E-state index in [4.69, 9.17) is 0 Å². The van der Waals surface area contributed by atoms with Gasteiger partial charge < -0.3 is 9.88 Å². The molecule has 0 bridgehead atoms. The summed E-state index contributed by atoms with van der Waals surface area (Å²) in [4.78, 5) is 28.4. The van der Waals surface area contributed by atoms with E-state index in [2.05, 4.69) is 15.4 Å². The number of amides is 2. The molecule has 2 heterocycles. The Balaban J connectivity index is 1.93. The second-order valence-corrected chi connectivity index (χ2v) is 5.79. The minimum atomic E-state index is -0.765. The van der Waals surface area contributed by atoms with Crippen molar-refractivity contribution in [2.45, 2.75) is 18.9 Å². The van der Waals surface area contributed by atoms with Crippen LogP contribution in [-0.2, 0) is 16.6 Å². The van der Waals surface area contributed by atoms with Crippen molar-refractivity contribution in [2.75, 3.05) is 7.05 Å². The van der Waals surface area contributed by atoms with Crippen molar-refractivity contribution in [3.63, 3.8) is 0 Å². The summed E-state index contributed by atoms with van der Waals surface area (Å²) in [6.07, 6.45) is 3.77. The molecule has 0 saturated carbocycles. The maximum absolute atomic E-state index is 14.3. The van der Waals surface area contributed by atoms with Crippen LogP contribution in [0.1, 0.15) is 30.3 Å². The summed E-state index contributed by atoms with van der Waals surface area (Å²) in [7, 11) is 3.27. The first kappa shape index (κ1) is 16.8. The van der Waals surface area contributed by atoms with E-state index < -0.39 is 17.8 Å². The zero-order chi connectivity index (χ0) is 18.0. The van der Waals surface area contributed by atoms with Gasteiger partial charge in [0.2, 0.25) is 5.91 Å². The quantitative estimate of drug-likeness (QED) is 0.911. The number of nitrogens with one attached hydrogen (secondary N) is 1. The van der Waals surface area contributed by atoms with E-state index in [0.717, 1.165) is 5.01 Å². The molecule has 0 unspecified atom stereocenters. The fourth-order valence-electron chi connectivity index (χ4n) is 2.69. The number of hydrogen-bond donors (Lipinski definition) is 1. The number of hydrazone groups is 1. The lowest BCUT2D eigenvalue weighted by molar-refractivity contribution is -0.130. The molecule has 1 aliphatic heterocycles. The molecule has 0 aliphatic carbocycles. The van der Waals surface area contributed by atoms with Crippen molar-refractivity contribution < 1.29 is 14.0 Å². The van der Waals surface area contributed by atoms with E-state index in [0.29, 0.717) is 11.4 Å². The van der Waals surface area contributed by atoms with Gasteiger partial charge in [-0.3, -0.25) is 9.59 Å². The van der Waals surface area contributed by atoms with Crippen LogP contribution in [0.5, 0.6) is 0 Å². The molecule has 1 aromatic heterocycles. The molecule has 1 aliphatic rings. The first-order valence-corrected chi connectivity index (χ1v) is 7.84. The van der Waals surface area contributed by atoms with Gasteiger partial charge in [0.15, 0.2) is 0 Å². The van der Waals surface area contributed by atoms with Gasteiger partial charge in [0.1, 0.15) is 23.4 Å². The van der Waals surface area contributed by atoms with Gasteiger partial charge in [-0.15, -0.1) is 0 Å². The van der Waals surface area contributed by atoms with Crippen LogP contribution in [0.2, 0.25) is 0 Å². The van der Waals surface area contributed by atoms with Gasteiger partial charge in [-0.1, -0.05) is 18.2 Å². The lowest BCUT2D eigenvalue weighted by Crippen LogP contribution is -2.40. The number of imidazole rings is 1. The van der Waals surface area contributed by atoms with Gasteiger partial charge in [0, 0.05) is 44.9 Å². The van der Waals surface area contributed by atoms with Crippen molar-refractivity contribution in [3.05, 3.63) is 53.9 Å². The van der Waals surface area contributed by atoms with Gasteiger partial charge in [-0.2, -0.15) is 5.10 Å². The largest absolute Gasteiger partial charge is 0.337 e. The molecule has 1 N–H and O–H groups in total. The highest BCUT2D eigenvalue weighted by molar-refractivity contribution is 6.39. The van der Waals surface area contributed by atoms with E-state index in [1.807, 2.05) is 0 Å². The number of carbonyl (C=O) groups is 2. The number of aromatic nitrogens is 2. The molecule has 25 heavy (non-hydrogen) atoms. The third-order valence-electron chi connectivity index (χ3n) is 4.08. The van der Waals surface area contributed by atoms with Crippen LogP contribution in [0.15, 0.2) is 41.8 Å². The maximum Gasteiger partial charge on any atom is 0.268 e. The lowest BCUT2D eigenvalue weighted by Gasteiger charge is -2.23. The summed E-state index contributed by atoms with van der Waals surface area (Å²) in [5.74, 6) is -0.533. The summed E-state index contributed by atoms with van der Waals surface area (Å²) in [5.41, 5.74) is 0.545. The van der Waals surface area contributed by atoms with Crippen LogP contribution in [0.4, 0.5) is 4.39 Å². The Morgan fingerprint density at radius 3 is 2.68 bits per heavy atom. The highest BCUT2D eigenvalue weighted by Gasteiger charge is 2.28. The zero-order valence-electron chi connectivity index (χ0n) is 13.9. The fourth-order valence-corrected chi connectivity index (χ4v) is 2.69. The van der Waals surface area contributed by atoms with E-state index in [9.17, 15) is 14.0 Å². The summed E-state index contributed by atoms with van der Waals surface area (Å²) >= 11 is 0. The second kappa shape index (κ2) is 6.84. The standard InChI is InChI=1S/C17H18FN5O2/c1-22-10-9-19-16(22)15(11-5-3-4-6-12(11)18)20-17(25)13-7-8-14(24)23(2)21-13/h3-6,9-10,15H,7-8H2,1-2H3,(H,20,25)/t15-/m0/s1. The molecular formula is C17H18FN5O2. The average molecular weight is 343 g/mol. The summed E-state index contributed by atoms with van der Waals surface area (Å²) < 4.78 is 16.0. The smallest absolute Gasteiger partial charge is 0.268 e. The molecule has 7 nitrogen and oxygen atoms in total. The summed E-state index contributed by atoms with van der Waals surface area (Å²) in [6.45, 7) is 0. The van der Waals surface area contributed by atoms with Crippen molar-refractivity contribution in [2.24, 2.45) is 12.1 Å². The third-order valence-corrected chi connectivity index (χ3v) is 4.08. The van der Waals surface area contributed by atoms with Crippen LogP contribution >= 0.6 is 0 Å². The Morgan fingerprint density at radius 2 is 2.04 bits per heavy atom. The molecule has 1 atom stereocenters. The Kier molecular flexibility index (Phi) is 4.60. The second-order valence-electron chi connectivity index (χ2n) is 5.79. The number of nitrogens with zero attached hydrogens (tertiary/aromatic N) is 4. The fraction of sp³-hybridized carbons (Fsp3) is 0.294. The van der Waals surface area contributed by atoms with Gasteiger partial charge in [-0.05, 0) is 6.07 Å². The van der Waals surface area contributed by atoms with Gasteiger partial charge in [-0.25, -0.2) is 14.4 Å². The summed E-state index contributed by atoms with van der Waals surface area (Å²) in [5, 5.41) is 7.95. The number of rotatable bonds is 4. The number of hydrogen-bond acceptors (Lipinski definition) is 4. The van der Waals surface area contributed by atoms with Gasteiger partial charge in [0.05, 0.1) is 0 Å². The highest BCUT2D eigenvalue weighted by atomic mass is 19.1. The van der Waals surface area contributed by atoms with Gasteiger partial charge in [0.25, 0.3) is 5.91 Å². The third kappa shape index (κ3) is 3.42. The van der Waals surface area contributed by atoms with Crippen LogP contribution in [-0.4, -0.2) is 39.1 Å². The Labute approximate surface area is 144 Å². The maximum atomic E-state index is 14.3. The molecule has 0 fully saturated rings. The van der Waals surface area contributed by atoms with Crippen molar-refractivity contribution in [1.29, 1.82) is 0 Å². The van der Waals surface area contributed by atoms with Crippen LogP contribution in [0.25, 0.3) is 0 Å². The monoisotopic (exact) mass is 343 g/mol. The van der Waals surface area contributed by atoms with Gasteiger partial charge >= 0.3 is 0 Å². The Hall–Kier alpha value is -3.03. The Morgan fingerprint density at radius 1 is 1.28 bits per heavy atom. The SMILES string of the molecule is CN1N=C(C(=O)N[C@@H](c2ccccc2F)c2nccn2C)CCC1=O. The molecule has 2 aromatic rings. The molecule has 130 valence electrons. The number of benzene rings is 1. The van der Waals surface area contributed by atoms with E-state index in [1.54, 1.807) is 42.2 Å². The van der Waals surface area contributed by atoms with Crippen molar-refractivity contribution in [1.82, 2.24) is 19.9 Å². The molecular weight excluding hydrogens is 325 g/mol. The molecule has 0 saturated heterocycles. The molecule has 8 heteroatoms. The van der Waals surface area contributed by atoms with E-state index in [1.165, 1.54) is 13.1 Å². The number of aryl methyl sites for hydroxylation is 1. The predicted molar refractivity (Wildman–Crippen MR) is 89.0 cm³/mol.